The van der Waals surface area contributed by atoms with Crippen LogP contribution in [0.25, 0.3) is 21.5 Å². The van der Waals surface area contributed by atoms with Crippen molar-refractivity contribution in [2.45, 2.75) is 68.1 Å². The van der Waals surface area contributed by atoms with Crippen LogP contribution in [0.1, 0.15) is 54.0 Å². The molecule has 0 saturated carbocycles. The molecule has 3 atom stereocenters. The molecule has 0 aliphatic carbocycles. The molecule has 2 aromatic heterocycles. The first-order valence-corrected chi connectivity index (χ1v) is 21.6. The number of methoxy groups -OCH3 is 1. The minimum absolute atomic E-state index is 0.133. The van der Waals surface area contributed by atoms with Gasteiger partial charge in [0, 0.05) is 64.5 Å². The number of aryl methyl sites for hydroxylation is 1. The van der Waals surface area contributed by atoms with Gasteiger partial charge in [-0.3, -0.25) is 0 Å². The van der Waals surface area contributed by atoms with Crippen molar-refractivity contribution in [2.75, 3.05) is 33.0 Å². The second kappa shape index (κ2) is 17.9. The number of likely N-dealkylation sites (tertiary alicyclic amines) is 1. The van der Waals surface area contributed by atoms with Crippen LogP contribution in [-0.4, -0.2) is 68.4 Å². The lowest BCUT2D eigenvalue weighted by atomic mass is 9.92. The molecule has 4 aromatic carbocycles. The van der Waals surface area contributed by atoms with Gasteiger partial charge in [-0.2, -0.15) is 0 Å². The number of nitrogens with zero attached hydrogens (tertiary/aromatic N) is 2. The van der Waals surface area contributed by atoms with Crippen molar-refractivity contribution >= 4 is 32.1 Å². The maximum atomic E-state index is 12.5. The molecule has 2 saturated heterocycles. The van der Waals surface area contributed by atoms with Crippen LogP contribution in [0.15, 0.2) is 120 Å². The molecule has 0 unspecified atom stereocenters. The molecule has 0 spiro atoms. The number of hydrogen-bond donors (Lipinski definition) is 3. The van der Waals surface area contributed by atoms with Gasteiger partial charge in [-0.25, -0.2) is 13.4 Å². The van der Waals surface area contributed by atoms with Crippen molar-refractivity contribution in [2.24, 2.45) is 0 Å². The van der Waals surface area contributed by atoms with E-state index >= 15 is 0 Å². The predicted octanol–water partition coefficient (Wildman–Crippen LogP) is 8.22. The van der Waals surface area contributed by atoms with Gasteiger partial charge < -0.3 is 25.3 Å². The lowest BCUT2D eigenvalue weighted by Gasteiger charge is -2.34. The second-order valence-corrected chi connectivity index (χ2v) is 17.4. The van der Waals surface area contributed by atoms with E-state index < -0.39 is 9.84 Å². The first-order valence-electron chi connectivity index (χ1n) is 19.0. The summed E-state index contributed by atoms with van der Waals surface area (Å²) in [5.74, 6) is 1.05. The molecule has 54 heavy (non-hydrogen) atoms. The topological polar surface area (TPSA) is 99.4 Å². The number of aromatic amines is 1. The maximum Gasteiger partial charge on any atom is 0.178 e. The molecule has 2 aliphatic heterocycles. The summed E-state index contributed by atoms with van der Waals surface area (Å²) in [6.45, 7) is 3.02. The van der Waals surface area contributed by atoms with Gasteiger partial charge >= 0.3 is 0 Å². The molecule has 282 valence electrons. The van der Waals surface area contributed by atoms with Gasteiger partial charge in [0.15, 0.2) is 9.84 Å². The Hall–Kier alpha value is -4.32. The molecule has 10 heteroatoms. The molecule has 0 amide bonds. The SMILES string of the molecule is CN1CCC[C@@H]1Cc1c[nH]c2ccc(CCS(=O)(=O)c3ccccc3)cc12.COc1ccc(-c2nccs2)cc1CN[C@H]1CCCN[C@H]1c1ccccc1. The molecule has 8 rings (SSSR count). The van der Waals surface area contributed by atoms with Crippen LogP contribution >= 0.6 is 11.3 Å². The number of sulfone groups is 1. The summed E-state index contributed by atoms with van der Waals surface area (Å²) >= 11 is 1.66. The monoisotopic (exact) mass is 761 g/mol. The standard InChI is InChI=1S/C22H25N3OS.C22H26N2O2S/c1-26-20-10-9-17(22-24-12-13-27-22)14-18(20)15-25-19-8-5-11-23-21(19)16-6-3-2-4-7-16;1-24-12-5-6-19(24)15-18-16-23-22-10-9-17(14-21(18)22)11-13-27(25,26)20-7-3-2-4-8-20/h2-4,6-7,9-10,12-14,19,21,23,25H,5,8,11,15H2,1H3;2-4,7-10,14,16,19,23H,5-6,11-13,15H2,1H3/t19-,21-;19-/m01/s1. The Morgan fingerprint density at radius 1 is 0.944 bits per heavy atom. The third-order valence-corrected chi connectivity index (χ3v) is 13.4. The molecule has 6 aromatic rings. The van der Waals surface area contributed by atoms with E-state index in [-0.39, 0.29) is 5.75 Å². The first kappa shape index (κ1) is 38.0. The Morgan fingerprint density at radius 3 is 2.50 bits per heavy atom. The highest BCUT2D eigenvalue weighted by atomic mass is 32.2. The summed E-state index contributed by atoms with van der Waals surface area (Å²) < 4.78 is 30.7. The summed E-state index contributed by atoms with van der Waals surface area (Å²) in [6.07, 6.45) is 10.4. The van der Waals surface area contributed by atoms with Crippen LogP contribution in [0, 0.1) is 0 Å². The third-order valence-electron chi connectivity index (χ3n) is 10.9. The van der Waals surface area contributed by atoms with E-state index in [1.54, 1.807) is 42.7 Å². The Balaban J connectivity index is 0.000000167. The number of aromatic nitrogens is 2. The van der Waals surface area contributed by atoms with E-state index in [4.69, 9.17) is 4.74 Å². The average molecular weight is 762 g/mol. The van der Waals surface area contributed by atoms with Gasteiger partial charge in [-0.15, -0.1) is 11.3 Å². The fourth-order valence-electron chi connectivity index (χ4n) is 7.81. The Morgan fingerprint density at radius 2 is 1.76 bits per heavy atom. The zero-order valence-corrected chi connectivity index (χ0v) is 32.8. The van der Waals surface area contributed by atoms with Crippen LogP contribution in [-0.2, 0) is 29.2 Å². The smallest absolute Gasteiger partial charge is 0.178 e. The Labute approximate surface area is 323 Å². The number of benzene rings is 4. The number of hydrogen-bond acceptors (Lipinski definition) is 8. The summed E-state index contributed by atoms with van der Waals surface area (Å²) in [5.41, 5.74) is 7.18. The fourth-order valence-corrected chi connectivity index (χ4v) is 9.76. The number of H-pyrrole nitrogens is 1. The molecule has 2 fully saturated rings. The zero-order chi connectivity index (χ0) is 37.3. The molecule has 4 heterocycles. The van der Waals surface area contributed by atoms with Crippen LogP contribution in [0.4, 0.5) is 0 Å². The van der Waals surface area contributed by atoms with Crippen molar-refractivity contribution < 1.29 is 13.2 Å². The Bertz CT molecular complexity index is 2190. The van der Waals surface area contributed by atoms with Crippen LogP contribution in [0.2, 0.25) is 0 Å². The summed E-state index contributed by atoms with van der Waals surface area (Å²) in [6, 6.07) is 33.4. The number of ether oxygens (including phenoxy) is 1. The highest BCUT2D eigenvalue weighted by Gasteiger charge is 2.26. The number of thiazole rings is 1. The first-order chi connectivity index (χ1) is 26.4. The van der Waals surface area contributed by atoms with Gasteiger partial charge in [-0.05, 0) is 118 Å². The van der Waals surface area contributed by atoms with Crippen molar-refractivity contribution in [3.63, 3.8) is 0 Å². The van der Waals surface area contributed by atoms with Gasteiger partial charge in [0.05, 0.1) is 17.8 Å². The van der Waals surface area contributed by atoms with E-state index in [1.807, 2.05) is 29.8 Å². The number of piperidine rings is 1. The molecule has 8 nitrogen and oxygen atoms in total. The van der Waals surface area contributed by atoms with Crippen LogP contribution in [0.3, 0.4) is 0 Å². The molecular formula is C44H51N5O3S2. The van der Waals surface area contributed by atoms with Crippen LogP contribution in [0.5, 0.6) is 5.75 Å². The Kier molecular flexibility index (Phi) is 12.6. The quantitative estimate of drug-likeness (QED) is 0.116. The molecule has 0 bridgehead atoms. The number of fused-ring (bicyclic) bond motifs is 1. The average Bonchev–Trinajstić information content (AvgIpc) is 4.00. The van der Waals surface area contributed by atoms with Crippen LogP contribution < -0.4 is 15.4 Å². The molecular weight excluding hydrogens is 711 g/mol. The summed E-state index contributed by atoms with van der Waals surface area (Å²) in [7, 11) is 0.685. The zero-order valence-electron chi connectivity index (χ0n) is 31.2. The third kappa shape index (κ3) is 9.30. The number of rotatable bonds is 12. The lowest BCUT2D eigenvalue weighted by molar-refractivity contribution is 0.303. The predicted molar refractivity (Wildman–Crippen MR) is 221 cm³/mol. The van der Waals surface area contributed by atoms with Crippen molar-refractivity contribution in [1.82, 2.24) is 25.5 Å². The van der Waals surface area contributed by atoms with Crippen molar-refractivity contribution in [1.29, 1.82) is 0 Å². The highest BCUT2D eigenvalue weighted by Crippen LogP contribution is 2.30. The van der Waals surface area contributed by atoms with Gasteiger partial charge in [0.2, 0.25) is 0 Å². The summed E-state index contributed by atoms with van der Waals surface area (Å²) in [5, 5.41) is 11.7. The van der Waals surface area contributed by atoms with Gasteiger partial charge in [0.1, 0.15) is 10.8 Å². The number of likely N-dealkylation sites (N-methyl/N-ethyl adjacent to an activating group) is 1. The highest BCUT2D eigenvalue weighted by molar-refractivity contribution is 7.91. The summed E-state index contributed by atoms with van der Waals surface area (Å²) in [4.78, 5) is 10.6. The molecule has 3 N–H and O–H groups in total. The minimum Gasteiger partial charge on any atom is -0.496 e. The molecule has 2 aliphatic rings. The lowest BCUT2D eigenvalue weighted by Crippen LogP contribution is -2.45. The van der Waals surface area contributed by atoms with E-state index in [9.17, 15) is 8.42 Å². The maximum absolute atomic E-state index is 12.5. The van der Waals surface area contributed by atoms with E-state index in [2.05, 4.69) is 93.3 Å². The number of nitrogens with one attached hydrogen (secondary N) is 3. The minimum atomic E-state index is -3.25. The van der Waals surface area contributed by atoms with Crippen molar-refractivity contribution in [3.05, 3.63) is 137 Å². The van der Waals surface area contributed by atoms with Gasteiger partial charge in [-0.1, -0.05) is 54.6 Å². The normalized spacial score (nSPS) is 19.0. The van der Waals surface area contributed by atoms with E-state index in [0.29, 0.717) is 29.4 Å². The van der Waals surface area contributed by atoms with E-state index in [1.165, 1.54) is 54.3 Å². The van der Waals surface area contributed by atoms with Crippen molar-refractivity contribution in [3.8, 4) is 16.3 Å². The fraction of sp³-hybridized carbons (Fsp3) is 0.341. The van der Waals surface area contributed by atoms with Gasteiger partial charge in [0.25, 0.3) is 0 Å². The molecule has 0 radical (unpaired) electrons. The second-order valence-electron chi connectivity index (χ2n) is 14.4. The van der Waals surface area contributed by atoms with E-state index in [0.717, 1.165) is 46.9 Å². The largest absolute Gasteiger partial charge is 0.496 e.